The SMILES string of the molecule is CCS(=O)(=O)N1CCN(c2c(C)cccc2Cl)CC1. The summed E-state index contributed by atoms with van der Waals surface area (Å²) in [6.45, 7) is 6.13. The first-order valence-corrected chi connectivity index (χ1v) is 8.42. The van der Waals surface area contributed by atoms with Gasteiger partial charge in [-0.15, -0.1) is 0 Å². The predicted molar refractivity (Wildman–Crippen MR) is 79.4 cm³/mol. The smallest absolute Gasteiger partial charge is 0.213 e. The van der Waals surface area contributed by atoms with Gasteiger partial charge in [0, 0.05) is 26.2 Å². The van der Waals surface area contributed by atoms with Gasteiger partial charge in [0.05, 0.1) is 16.5 Å². The van der Waals surface area contributed by atoms with E-state index in [4.69, 9.17) is 11.6 Å². The molecule has 106 valence electrons. The fraction of sp³-hybridized carbons (Fsp3) is 0.538. The summed E-state index contributed by atoms with van der Waals surface area (Å²) < 4.78 is 25.2. The highest BCUT2D eigenvalue weighted by Gasteiger charge is 2.26. The molecule has 1 aliphatic rings. The Morgan fingerprint density at radius 1 is 1.21 bits per heavy atom. The number of piperazine rings is 1. The van der Waals surface area contributed by atoms with Gasteiger partial charge in [0.25, 0.3) is 0 Å². The molecule has 0 aliphatic carbocycles. The lowest BCUT2D eigenvalue weighted by Crippen LogP contribution is -2.49. The molecule has 0 amide bonds. The fourth-order valence-corrected chi connectivity index (χ4v) is 3.82. The minimum atomic E-state index is -3.07. The topological polar surface area (TPSA) is 40.6 Å². The summed E-state index contributed by atoms with van der Waals surface area (Å²) in [5, 5.41) is 0.729. The number of nitrogens with zero attached hydrogens (tertiary/aromatic N) is 2. The van der Waals surface area contributed by atoms with Gasteiger partial charge < -0.3 is 4.90 Å². The van der Waals surface area contributed by atoms with Gasteiger partial charge in [0.1, 0.15) is 0 Å². The van der Waals surface area contributed by atoms with Gasteiger partial charge in [-0.3, -0.25) is 0 Å². The Bertz CT molecular complexity index is 532. The maximum atomic E-state index is 11.8. The number of sulfonamides is 1. The summed E-state index contributed by atoms with van der Waals surface area (Å²) in [6.07, 6.45) is 0. The van der Waals surface area contributed by atoms with E-state index in [0.29, 0.717) is 26.2 Å². The summed E-state index contributed by atoms with van der Waals surface area (Å²) >= 11 is 6.24. The third-order valence-electron chi connectivity index (χ3n) is 3.50. The summed E-state index contributed by atoms with van der Waals surface area (Å²) in [5.74, 6) is 0.165. The normalized spacial score (nSPS) is 17.7. The zero-order valence-corrected chi connectivity index (χ0v) is 12.8. The van der Waals surface area contributed by atoms with Crippen LogP contribution >= 0.6 is 11.6 Å². The first-order chi connectivity index (χ1) is 8.95. The van der Waals surface area contributed by atoms with Crippen LogP contribution in [0, 0.1) is 6.92 Å². The molecule has 1 fully saturated rings. The molecule has 0 spiro atoms. The molecule has 1 aliphatic heterocycles. The van der Waals surface area contributed by atoms with Crippen molar-refractivity contribution in [3.8, 4) is 0 Å². The molecule has 1 aromatic carbocycles. The minimum absolute atomic E-state index is 0.165. The van der Waals surface area contributed by atoms with Crippen LogP contribution in [0.1, 0.15) is 12.5 Å². The van der Waals surface area contributed by atoms with Crippen LogP contribution in [0.15, 0.2) is 18.2 Å². The molecule has 0 saturated carbocycles. The Morgan fingerprint density at radius 3 is 2.37 bits per heavy atom. The second-order valence-electron chi connectivity index (χ2n) is 4.69. The average Bonchev–Trinajstić information content (AvgIpc) is 2.39. The van der Waals surface area contributed by atoms with E-state index in [-0.39, 0.29) is 5.75 Å². The minimum Gasteiger partial charge on any atom is -0.367 e. The maximum Gasteiger partial charge on any atom is 0.213 e. The number of aryl methyl sites for hydroxylation is 1. The molecule has 0 aromatic heterocycles. The second-order valence-corrected chi connectivity index (χ2v) is 7.36. The van der Waals surface area contributed by atoms with Crippen molar-refractivity contribution in [2.45, 2.75) is 13.8 Å². The van der Waals surface area contributed by atoms with Gasteiger partial charge in [-0.2, -0.15) is 4.31 Å². The van der Waals surface area contributed by atoms with Gasteiger partial charge in [-0.05, 0) is 25.5 Å². The molecule has 4 nitrogen and oxygen atoms in total. The Balaban J connectivity index is 2.13. The highest BCUT2D eigenvalue weighted by atomic mass is 35.5. The number of hydrogen-bond donors (Lipinski definition) is 0. The predicted octanol–water partition coefficient (Wildman–Crippen LogP) is 2.12. The highest BCUT2D eigenvalue weighted by Crippen LogP contribution is 2.30. The molecule has 0 atom stereocenters. The van der Waals surface area contributed by atoms with Crippen LogP contribution in [0.5, 0.6) is 0 Å². The lowest BCUT2D eigenvalue weighted by atomic mass is 10.1. The maximum absolute atomic E-state index is 11.8. The summed E-state index contributed by atoms with van der Waals surface area (Å²) in [7, 11) is -3.07. The summed E-state index contributed by atoms with van der Waals surface area (Å²) in [5.41, 5.74) is 2.15. The summed E-state index contributed by atoms with van der Waals surface area (Å²) in [4.78, 5) is 2.17. The number of para-hydroxylation sites is 1. The Kier molecular flexibility index (Phi) is 4.38. The lowest BCUT2D eigenvalue weighted by Gasteiger charge is -2.36. The first kappa shape index (κ1) is 14.6. The molecule has 0 unspecified atom stereocenters. The lowest BCUT2D eigenvalue weighted by molar-refractivity contribution is 0.385. The standard InChI is InChI=1S/C13H19ClN2O2S/c1-3-19(17,18)16-9-7-15(8-10-16)13-11(2)5-4-6-12(13)14/h4-6H,3,7-10H2,1-2H3. The van der Waals surface area contributed by atoms with Crippen LogP contribution in [0.3, 0.4) is 0 Å². The van der Waals surface area contributed by atoms with Gasteiger partial charge in [0.2, 0.25) is 10.0 Å². The van der Waals surface area contributed by atoms with Crippen LogP contribution in [0.25, 0.3) is 0 Å². The number of halogens is 1. The van der Waals surface area contributed by atoms with Gasteiger partial charge in [-0.25, -0.2) is 8.42 Å². The monoisotopic (exact) mass is 302 g/mol. The van der Waals surface area contributed by atoms with E-state index in [1.165, 1.54) is 0 Å². The molecule has 0 N–H and O–H groups in total. The van der Waals surface area contributed by atoms with Crippen LogP contribution < -0.4 is 4.90 Å². The molecular formula is C13H19ClN2O2S. The van der Waals surface area contributed by atoms with Gasteiger partial charge in [0.15, 0.2) is 0 Å². The van der Waals surface area contributed by atoms with Crippen LogP contribution in [-0.4, -0.2) is 44.7 Å². The molecule has 6 heteroatoms. The van der Waals surface area contributed by atoms with Crippen molar-refractivity contribution >= 4 is 27.3 Å². The van der Waals surface area contributed by atoms with Crippen molar-refractivity contribution < 1.29 is 8.42 Å². The Labute approximate surface area is 120 Å². The quantitative estimate of drug-likeness (QED) is 0.859. The molecule has 19 heavy (non-hydrogen) atoms. The summed E-state index contributed by atoms with van der Waals surface area (Å²) in [6, 6.07) is 5.83. The van der Waals surface area contributed by atoms with E-state index in [1.807, 2.05) is 25.1 Å². The number of anilines is 1. The van der Waals surface area contributed by atoms with E-state index in [0.717, 1.165) is 16.3 Å². The zero-order chi connectivity index (χ0) is 14.0. The fourth-order valence-electron chi connectivity index (χ4n) is 2.40. The van der Waals surface area contributed by atoms with Gasteiger partial charge >= 0.3 is 0 Å². The Hall–Kier alpha value is -0.780. The van der Waals surface area contributed by atoms with Crippen molar-refractivity contribution in [1.82, 2.24) is 4.31 Å². The number of benzene rings is 1. The zero-order valence-electron chi connectivity index (χ0n) is 11.3. The van der Waals surface area contributed by atoms with Crippen molar-refractivity contribution in [2.75, 3.05) is 36.8 Å². The molecule has 2 rings (SSSR count). The van der Waals surface area contributed by atoms with E-state index < -0.39 is 10.0 Å². The van der Waals surface area contributed by atoms with Crippen LogP contribution in [0.2, 0.25) is 5.02 Å². The number of hydrogen-bond acceptors (Lipinski definition) is 3. The number of rotatable bonds is 3. The largest absolute Gasteiger partial charge is 0.367 e. The third-order valence-corrected chi connectivity index (χ3v) is 5.69. The Morgan fingerprint density at radius 2 is 1.84 bits per heavy atom. The van der Waals surface area contributed by atoms with E-state index >= 15 is 0 Å². The van der Waals surface area contributed by atoms with Crippen molar-refractivity contribution in [1.29, 1.82) is 0 Å². The second kappa shape index (κ2) is 5.69. The van der Waals surface area contributed by atoms with Crippen LogP contribution in [-0.2, 0) is 10.0 Å². The highest BCUT2D eigenvalue weighted by molar-refractivity contribution is 7.89. The average molecular weight is 303 g/mol. The molecule has 1 aromatic rings. The van der Waals surface area contributed by atoms with Crippen molar-refractivity contribution in [2.24, 2.45) is 0 Å². The van der Waals surface area contributed by atoms with Gasteiger partial charge in [-0.1, -0.05) is 23.7 Å². The van der Waals surface area contributed by atoms with Crippen molar-refractivity contribution in [3.63, 3.8) is 0 Å². The molecular weight excluding hydrogens is 284 g/mol. The van der Waals surface area contributed by atoms with E-state index in [2.05, 4.69) is 4.90 Å². The molecule has 0 bridgehead atoms. The molecule has 1 saturated heterocycles. The molecule has 1 heterocycles. The first-order valence-electron chi connectivity index (χ1n) is 6.43. The van der Waals surface area contributed by atoms with E-state index in [9.17, 15) is 8.42 Å². The van der Waals surface area contributed by atoms with E-state index in [1.54, 1.807) is 11.2 Å². The van der Waals surface area contributed by atoms with Crippen LogP contribution in [0.4, 0.5) is 5.69 Å². The third kappa shape index (κ3) is 3.04. The molecule has 0 radical (unpaired) electrons. The van der Waals surface area contributed by atoms with Crippen molar-refractivity contribution in [3.05, 3.63) is 28.8 Å².